The number of amides is 1. The summed E-state index contributed by atoms with van der Waals surface area (Å²) in [6.45, 7) is 2.65. The third-order valence-electron chi connectivity index (χ3n) is 5.23. The van der Waals surface area contributed by atoms with Gasteiger partial charge in [-0.2, -0.15) is 0 Å². The molecule has 4 nitrogen and oxygen atoms in total. The molecule has 0 saturated heterocycles. The molecule has 3 N–H and O–H groups in total. The molecule has 3 rings (SSSR count). The van der Waals surface area contributed by atoms with Crippen molar-refractivity contribution in [3.8, 4) is 0 Å². The van der Waals surface area contributed by atoms with Crippen LogP contribution in [0.3, 0.4) is 0 Å². The highest BCUT2D eigenvalue weighted by Gasteiger charge is 2.35. The van der Waals surface area contributed by atoms with Gasteiger partial charge in [0.15, 0.2) is 0 Å². The molecule has 23 heavy (non-hydrogen) atoms. The van der Waals surface area contributed by atoms with Crippen LogP contribution in [0.25, 0.3) is 10.9 Å². The van der Waals surface area contributed by atoms with E-state index < -0.39 is 0 Å². The molecule has 1 saturated carbocycles. The molecule has 1 aliphatic carbocycles. The van der Waals surface area contributed by atoms with Crippen molar-refractivity contribution in [1.82, 2.24) is 10.3 Å². The number of benzene rings is 1. The highest BCUT2D eigenvalue weighted by atomic mass is 16.3. The third kappa shape index (κ3) is 3.75. The fourth-order valence-corrected chi connectivity index (χ4v) is 3.49. The molecule has 0 spiro atoms. The minimum atomic E-state index is -0.299. The molecular formula is C19H26N2O2. The van der Waals surface area contributed by atoms with Gasteiger partial charge in [-0.3, -0.25) is 4.79 Å². The number of hydrogen-bond donors (Lipinski definition) is 3. The molecule has 2 aromatic rings. The second-order valence-corrected chi connectivity index (χ2v) is 7.09. The van der Waals surface area contributed by atoms with Gasteiger partial charge in [0.05, 0.1) is 6.10 Å². The van der Waals surface area contributed by atoms with Gasteiger partial charge in [-0.15, -0.1) is 0 Å². The monoisotopic (exact) mass is 314 g/mol. The molecule has 1 aromatic carbocycles. The van der Waals surface area contributed by atoms with Crippen molar-refractivity contribution >= 4 is 16.8 Å². The Hall–Kier alpha value is -1.81. The van der Waals surface area contributed by atoms with Crippen molar-refractivity contribution < 1.29 is 9.90 Å². The number of hydrogen-bond acceptors (Lipinski definition) is 2. The number of rotatable bonds is 5. The Morgan fingerprint density at radius 3 is 3.09 bits per heavy atom. The lowest BCUT2D eigenvalue weighted by molar-refractivity contribution is -0.122. The molecule has 1 aliphatic rings. The summed E-state index contributed by atoms with van der Waals surface area (Å²) in [4.78, 5) is 15.3. The van der Waals surface area contributed by atoms with Gasteiger partial charge in [-0.05, 0) is 48.4 Å². The van der Waals surface area contributed by atoms with Crippen molar-refractivity contribution in [3.05, 3.63) is 36.0 Å². The van der Waals surface area contributed by atoms with Gasteiger partial charge in [-0.25, -0.2) is 0 Å². The van der Waals surface area contributed by atoms with Crippen LogP contribution in [0.1, 0.15) is 44.6 Å². The van der Waals surface area contributed by atoms with Crippen LogP contribution in [0.5, 0.6) is 0 Å². The van der Waals surface area contributed by atoms with Gasteiger partial charge < -0.3 is 15.4 Å². The van der Waals surface area contributed by atoms with Crippen LogP contribution in [0.4, 0.5) is 0 Å². The smallest absolute Gasteiger partial charge is 0.220 e. The molecular weight excluding hydrogens is 288 g/mol. The molecule has 2 atom stereocenters. The minimum Gasteiger partial charge on any atom is -0.392 e. The number of carbonyl (C=O) groups is 1. The van der Waals surface area contributed by atoms with Crippen LogP contribution in [-0.2, 0) is 11.2 Å². The Morgan fingerprint density at radius 1 is 1.39 bits per heavy atom. The Kier molecular flexibility index (Phi) is 4.71. The van der Waals surface area contributed by atoms with E-state index in [1.165, 1.54) is 10.9 Å². The molecule has 1 amide bonds. The molecule has 1 aromatic heterocycles. The minimum absolute atomic E-state index is 0.0677. The summed E-state index contributed by atoms with van der Waals surface area (Å²) >= 11 is 0. The molecule has 1 fully saturated rings. The lowest BCUT2D eigenvalue weighted by Gasteiger charge is -2.38. The number of aryl methyl sites for hydroxylation is 1. The van der Waals surface area contributed by atoms with E-state index in [-0.39, 0.29) is 17.4 Å². The summed E-state index contributed by atoms with van der Waals surface area (Å²) in [7, 11) is 0. The SMILES string of the molecule is CC1(CNC(=O)CCc2ccc3[nH]ccc3c2)CCCCC1O. The first-order valence-electron chi connectivity index (χ1n) is 8.58. The van der Waals surface area contributed by atoms with Gasteiger partial charge in [-0.1, -0.05) is 25.8 Å². The number of carbonyl (C=O) groups excluding carboxylic acids is 1. The van der Waals surface area contributed by atoms with Gasteiger partial charge in [0.2, 0.25) is 5.91 Å². The van der Waals surface area contributed by atoms with Crippen molar-refractivity contribution in [2.24, 2.45) is 5.41 Å². The Bertz CT molecular complexity index is 679. The van der Waals surface area contributed by atoms with Gasteiger partial charge in [0.25, 0.3) is 0 Å². The van der Waals surface area contributed by atoms with Crippen molar-refractivity contribution in [2.45, 2.75) is 51.6 Å². The molecule has 124 valence electrons. The second kappa shape index (κ2) is 6.75. The Labute approximate surface area is 137 Å². The zero-order valence-electron chi connectivity index (χ0n) is 13.8. The van der Waals surface area contributed by atoms with E-state index in [4.69, 9.17) is 0 Å². The van der Waals surface area contributed by atoms with E-state index in [0.29, 0.717) is 13.0 Å². The number of H-pyrrole nitrogens is 1. The number of nitrogens with one attached hydrogen (secondary N) is 2. The molecule has 1 heterocycles. The van der Waals surface area contributed by atoms with E-state index >= 15 is 0 Å². The predicted molar refractivity (Wildman–Crippen MR) is 92.2 cm³/mol. The maximum absolute atomic E-state index is 12.1. The Balaban J connectivity index is 1.49. The van der Waals surface area contributed by atoms with E-state index in [2.05, 4.69) is 35.4 Å². The quantitative estimate of drug-likeness (QED) is 0.793. The average Bonchev–Trinajstić information content (AvgIpc) is 3.02. The van der Waals surface area contributed by atoms with Crippen LogP contribution in [0, 0.1) is 5.41 Å². The van der Waals surface area contributed by atoms with E-state index in [0.717, 1.165) is 37.6 Å². The molecule has 0 aliphatic heterocycles. The number of aromatic amines is 1. The average molecular weight is 314 g/mol. The largest absolute Gasteiger partial charge is 0.392 e. The number of aliphatic hydroxyl groups excluding tert-OH is 1. The maximum Gasteiger partial charge on any atom is 0.220 e. The number of fused-ring (bicyclic) bond motifs is 1. The van der Waals surface area contributed by atoms with Gasteiger partial charge in [0.1, 0.15) is 0 Å². The topological polar surface area (TPSA) is 65.1 Å². The first kappa shape index (κ1) is 16.1. The molecule has 4 heteroatoms. The zero-order chi connectivity index (χ0) is 16.3. The summed E-state index contributed by atoms with van der Waals surface area (Å²) in [5, 5.41) is 14.4. The van der Waals surface area contributed by atoms with Crippen molar-refractivity contribution in [1.29, 1.82) is 0 Å². The van der Waals surface area contributed by atoms with Crippen LogP contribution in [0.2, 0.25) is 0 Å². The lowest BCUT2D eigenvalue weighted by Crippen LogP contribution is -2.45. The third-order valence-corrected chi connectivity index (χ3v) is 5.23. The summed E-state index contributed by atoms with van der Waals surface area (Å²) in [5.74, 6) is 0.0677. The summed E-state index contributed by atoms with van der Waals surface area (Å²) in [5.41, 5.74) is 2.13. The summed E-state index contributed by atoms with van der Waals surface area (Å²) in [6, 6.07) is 8.30. The first-order valence-corrected chi connectivity index (χ1v) is 8.58. The fourth-order valence-electron chi connectivity index (χ4n) is 3.49. The van der Waals surface area contributed by atoms with E-state index in [1.807, 2.05) is 12.3 Å². The predicted octanol–water partition coefficient (Wildman–Crippen LogP) is 3.16. The van der Waals surface area contributed by atoms with E-state index in [1.54, 1.807) is 0 Å². The Morgan fingerprint density at radius 2 is 2.26 bits per heavy atom. The standard InChI is InChI=1S/C19H26N2O2/c1-19(10-3-2-4-17(19)22)13-21-18(23)8-6-14-5-7-16-15(12-14)9-11-20-16/h5,7,9,11-12,17,20,22H,2-4,6,8,10,13H2,1H3,(H,21,23). The molecule has 2 unspecified atom stereocenters. The van der Waals surface area contributed by atoms with Crippen LogP contribution >= 0.6 is 0 Å². The molecule has 0 radical (unpaired) electrons. The van der Waals surface area contributed by atoms with Crippen LogP contribution < -0.4 is 5.32 Å². The van der Waals surface area contributed by atoms with Crippen LogP contribution in [-0.4, -0.2) is 28.6 Å². The summed E-state index contributed by atoms with van der Waals surface area (Å²) in [6.07, 6.45) is 6.92. The van der Waals surface area contributed by atoms with Crippen molar-refractivity contribution in [2.75, 3.05) is 6.54 Å². The second-order valence-electron chi connectivity index (χ2n) is 7.09. The summed E-state index contributed by atoms with van der Waals surface area (Å²) < 4.78 is 0. The number of aromatic nitrogens is 1. The highest BCUT2D eigenvalue weighted by molar-refractivity contribution is 5.80. The number of aliphatic hydroxyl groups is 1. The van der Waals surface area contributed by atoms with Gasteiger partial charge >= 0.3 is 0 Å². The maximum atomic E-state index is 12.1. The molecule has 0 bridgehead atoms. The van der Waals surface area contributed by atoms with E-state index in [9.17, 15) is 9.90 Å². The van der Waals surface area contributed by atoms with Gasteiger partial charge in [0, 0.05) is 30.1 Å². The van der Waals surface area contributed by atoms with Crippen LogP contribution in [0.15, 0.2) is 30.5 Å². The zero-order valence-corrected chi connectivity index (χ0v) is 13.8. The lowest BCUT2D eigenvalue weighted by atomic mass is 9.73. The highest BCUT2D eigenvalue weighted by Crippen LogP contribution is 2.35. The fraction of sp³-hybridized carbons (Fsp3) is 0.526. The normalized spacial score (nSPS) is 24.7. The van der Waals surface area contributed by atoms with Crippen molar-refractivity contribution in [3.63, 3.8) is 0 Å². The first-order chi connectivity index (χ1) is 11.1.